The Morgan fingerprint density at radius 1 is 1.00 bits per heavy atom. The van der Waals surface area contributed by atoms with Crippen LogP contribution >= 0.6 is 0 Å². The first-order valence-electron chi connectivity index (χ1n) is 8.55. The molecule has 0 aromatic heterocycles. The second-order valence-electron chi connectivity index (χ2n) is 6.16. The van der Waals surface area contributed by atoms with Crippen molar-refractivity contribution >= 4 is 0 Å². The molecule has 3 heteroatoms. The van der Waals surface area contributed by atoms with Gasteiger partial charge in [-0.15, -0.1) is 0 Å². The molecule has 124 valence electrons. The summed E-state index contributed by atoms with van der Waals surface area (Å²) in [6.07, 6.45) is 3.61. The highest BCUT2D eigenvalue weighted by Gasteiger charge is 2.21. The van der Waals surface area contributed by atoms with Crippen LogP contribution in [-0.4, -0.2) is 5.11 Å². The van der Waals surface area contributed by atoms with Gasteiger partial charge in [-0.3, -0.25) is 0 Å². The zero-order chi connectivity index (χ0) is 17.4. The molecule has 1 unspecified atom stereocenters. The minimum atomic E-state index is 0.0414. The largest absolute Gasteiger partial charge is 0.505 e. The number of hydrogen-bond donors (Lipinski definition) is 1. The first-order valence-corrected chi connectivity index (χ1v) is 8.55. The van der Waals surface area contributed by atoms with Gasteiger partial charge in [-0.05, 0) is 36.0 Å². The number of benzene rings is 2. The van der Waals surface area contributed by atoms with Gasteiger partial charge in [0.05, 0.1) is 0 Å². The Bertz CT molecular complexity index is 712. The van der Waals surface area contributed by atoms with Crippen LogP contribution in [0.25, 0.3) is 16.1 Å². The average molecular weight is 321 g/mol. The maximum Gasteiger partial charge on any atom is 0.395 e. The molecule has 0 amide bonds. The number of aliphatic hydroxyl groups excluding tert-OH is 1. The summed E-state index contributed by atoms with van der Waals surface area (Å²) in [5, 5.41) is 19.1. The third kappa shape index (κ3) is 4.70. The molecule has 0 fully saturated rings. The second kappa shape index (κ2) is 8.88. The molecular formula is C21H25N2O+. The van der Waals surface area contributed by atoms with E-state index in [1.807, 2.05) is 18.2 Å². The fourth-order valence-electron chi connectivity index (χ4n) is 2.95. The molecule has 0 bridgehead atoms. The summed E-state index contributed by atoms with van der Waals surface area (Å²) >= 11 is 0. The van der Waals surface area contributed by atoms with Gasteiger partial charge >= 0.3 is 5.70 Å². The molecule has 0 aliphatic heterocycles. The van der Waals surface area contributed by atoms with Crippen LogP contribution in [0.2, 0.25) is 0 Å². The van der Waals surface area contributed by atoms with Crippen LogP contribution in [0.15, 0.2) is 66.1 Å². The van der Waals surface area contributed by atoms with Crippen molar-refractivity contribution in [3.05, 3.63) is 76.6 Å². The summed E-state index contributed by atoms with van der Waals surface area (Å²) in [5.74, 6) is 0.250. The van der Waals surface area contributed by atoms with Gasteiger partial charge in [0.2, 0.25) is 5.39 Å². The predicted octanol–water partition coefficient (Wildman–Crippen LogP) is 6.35. The summed E-state index contributed by atoms with van der Waals surface area (Å²) in [5.41, 5.74) is 3.99. The fraction of sp³-hybridized carbons (Fsp3) is 0.333. The summed E-state index contributed by atoms with van der Waals surface area (Å²) in [4.78, 5) is 3.12. The number of allylic oxidation sites excluding steroid dienone is 2. The Kier molecular flexibility index (Phi) is 6.57. The summed E-state index contributed by atoms with van der Waals surface area (Å²) in [6.45, 7) is 3.73. The molecule has 1 N–H and O–H groups in total. The molecule has 0 saturated carbocycles. The zero-order valence-electron chi connectivity index (χ0n) is 14.4. The SMILES string of the molecule is CCCC(CCc1ccc(-c2ccccc2)cc1)/C(O)=C(/C)[N+]#N. The summed E-state index contributed by atoms with van der Waals surface area (Å²) < 4.78 is 0. The molecule has 0 saturated heterocycles. The minimum absolute atomic E-state index is 0.0414. The molecule has 2 rings (SSSR count). The van der Waals surface area contributed by atoms with Crippen LogP contribution in [0.4, 0.5) is 0 Å². The Labute approximate surface area is 144 Å². The van der Waals surface area contributed by atoms with Gasteiger partial charge in [-0.2, -0.15) is 0 Å². The van der Waals surface area contributed by atoms with Crippen molar-refractivity contribution in [1.29, 1.82) is 5.39 Å². The summed E-state index contributed by atoms with van der Waals surface area (Å²) in [7, 11) is 0. The smallest absolute Gasteiger partial charge is 0.395 e. The van der Waals surface area contributed by atoms with E-state index in [-0.39, 0.29) is 11.7 Å². The van der Waals surface area contributed by atoms with E-state index in [4.69, 9.17) is 5.39 Å². The van der Waals surface area contributed by atoms with Gasteiger partial charge in [0.1, 0.15) is 0 Å². The Morgan fingerprint density at radius 2 is 1.62 bits per heavy atom. The van der Waals surface area contributed by atoms with E-state index in [0.717, 1.165) is 25.7 Å². The van der Waals surface area contributed by atoms with Crippen molar-refractivity contribution in [2.24, 2.45) is 5.92 Å². The van der Waals surface area contributed by atoms with Gasteiger partial charge in [0, 0.05) is 12.8 Å². The quantitative estimate of drug-likeness (QED) is 0.477. The minimum Gasteiger partial charge on any atom is -0.505 e. The van der Waals surface area contributed by atoms with E-state index in [2.05, 4.69) is 48.3 Å². The maximum absolute atomic E-state index is 10.2. The molecule has 3 nitrogen and oxygen atoms in total. The van der Waals surface area contributed by atoms with Crippen molar-refractivity contribution in [2.45, 2.75) is 39.5 Å². The van der Waals surface area contributed by atoms with Gasteiger partial charge < -0.3 is 5.11 Å². The molecular weight excluding hydrogens is 296 g/mol. The lowest BCUT2D eigenvalue weighted by Crippen LogP contribution is -2.07. The highest BCUT2D eigenvalue weighted by atomic mass is 16.3. The molecule has 0 radical (unpaired) electrons. The average Bonchev–Trinajstić information content (AvgIpc) is 2.65. The summed E-state index contributed by atoms with van der Waals surface area (Å²) in [6, 6.07) is 18.9. The van der Waals surface area contributed by atoms with Gasteiger partial charge in [-0.1, -0.05) is 67.9 Å². The van der Waals surface area contributed by atoms with E-state index < -0.39 is 0 Å². The predicted molar refractivity (Wildman–Crippen MR) is 99.0 cm³/mol. The van der Waals surface area contributed by atoms with E-state index in [9.17, 15) is 5.11 Å². The highest BCUT2D eigenvalue weighted by molar-refractivity contribution is 5.63. The first-order chi connectivity index (χ1) is 11.7. The lowest BCUT2D eigenvalue weighted by molar-refractivity contribution is 0.301. The van der Waals surface area contributed by atoms with Crippen LogP contribution in [0.5, 0.6) is 0 Å². The monoisotopic (exact) mass is 321 g/mol. The van der Waals surface area contributed by atoms with Crippen LogP contribution in [0.3, 0.4) is 0 Å². The van der Waals surface area contributed by atoms with Crippen LogP contribution in [0, 0.1) is 11.3 Å². The van der Waals surface area contributed by atoms with Gasteiger partial charge in [0.25, 0.3) is 0 Å². The van der Waals surface area contributed by atoms with E-state index >= 15 is 0 Å². The molecule has 0 aliphatic carbocycles. The normalized spacial score (nSPS) is 13.0. The number of rotatable bonds is 7. The second-order valence-corrected chi connectivity index (χ2v) is 6.16. The Morgan fingerprint density at radius 3 is 2.21 bits per heavy atom. The standard InChI is InChI=1S/C21H24N2O/c1-3-7-20(21(24)16(2)23-22)15-12-17-10-13-19(14-11-17)18-8-5-4-6-9-18/h4-6,8-11,13-14,20H,3,7,12,15H2,1-2H3/p+1/b21-16+. The molecule has 0 heterocycles. The molecule has 1 atom stereocenters. The fourth-order valence-corrected chi connectivity index (χ4v) is 2.95. The topological polar surface area (TPSA) is 48.4 Å². The Hall–Kier alpha value is -2.60. The van der Waals surface area contributed by atoms with Crippen molar-refractivity contribution in [1.82, 2.24) is 0 Å². The van der Waals surface area contributed by atoms with E-state index in [0.29, 0.717) is 5.70 Å². The molecule has 24 heavy (non-hydrogen) atoms. The van der Waals surface area contributed by atoms with Crippen LogP contribution in [-0.2, 0) is 6.42 Å². The number of aryl methyl sites for hydroxylation is 1. The molecule has 2 aromatic rings. The van der Waals surface area contributed by atoms with Crippen molar-refractivity contribution < 1.29 is 5.11 Å². The number of hydrogen-bond acceptors (Lipinski definition) is 2. The third-order valence-electron chi connectivity index (χ3n) is 4.39. The maximum atomic E-state index is 10.2. The van der Waals surface area contributed by atoms with Crippen molar-refractivity contribution in [3.8, 4) is 11.1 Å². The lowest BCUT2D eigenvalue weighted by Gasteiger charge is -2.14. The number of nitrogens with zero attached hydrogens (tertiary/aromatic N) is 2. The number of aliphatic hydroxyl groups is 1. The van der Waals surface area contributed by atoms with Crippen molar-refractivity contribution in [3.63, 3.8) is 0 Å². The Balaban J connectivity index is 2.04. The number of diazo groups is 1. The van der Waals surface area contributed by atoms with E-state index in [1.54, 1.807) is 6.92 Å². The molecule has 2 aromatic carbocycles. The lowest BCUT2D eigenvalue weighted by atomic mass is 9.92. The van der Waals surface area contributed by atoms with E-state index in [1.165, 1.54) is 16.7 Å². The molecule has 0 aliphatic rings. The molecule has 0 spiro atoms. The van der Waals surface area contributed by atoms with Crippen LogP contribution < -0.4 is 0 Å². The highest BCUT2D eigenvalue weighted by Crippen LogP contribution is 2.25. The zero-order valence-corrected chi connectivity index (χ0v) is 14.4. The van der Waals surface area contributed by atoms with Crippen LogP contribution in [0.1, 0.15) is 38.7 Å². The first kappa shape index (κ1) is 17.7. The van der Waals surface area contributed by atoms with Crippen molar-refractivity contribution in [2.75, 3.05) is 0 Å². The third-order valence-corrected chi connectivity index (χ3v) is 4.39. The van der Waals surface area contributed by atoms with Gasteiger partial charge in [-0.25, -0.2) is 0 Å². The van der Waals surface area contributed by atoms with Gasteiger partial charge in [0.15, 0.2) is 10.7 Å².